The lowest BCUT2D eigenvalue weighted by molar-refractivity contribution is -0.161. The fourth-order valence-corrected chi connectivity index (χ4v) is 5.83. The number of hydrogen-bond donors (Lipinski definition) is 2. The summed E-state index contributed by atoms with van der Waals surface area (Å²) in [6.45, 7) is 0.325. The van der Waals surface area contributed by atoms with Crippen molar-refractivity contribution in [2.75, 3.05) is 12.8 Å². The number of nitrogens with zero attached hydrogens (tertiary/aromatic N) is 2. The van der Waals surface area contributed by atoms with Crippen LogP contribution in [0.2, 0.25) is 0 Å². The Bertz CT molecular complexity index is 1080. The molecule has 1 aliphatic heterocycles. The molecule has 7 nitrogen and oxygen atoms in total. The van der Waals surface area contributed by atoms with Crippen molar-refractivity contribution in [2.24, 2.45) is 0 Å². The predicted molar refractivity (Wildman–Crippen MR) is 112 cm³/mol. The number of benzene rings is 1. The van der Waals surface area contributed by atoms with Crippen molar-refractivity contribution >= 4 is 27.3 Å². The third-order valence-electron chi connectivity index (χ3n) is 5.83. The van der Waals surface area contributed by atoms with E-state index in [1.807, 2.05) is 0 Å². The molecule has 31 heavy (non-hydrogen) atoms. The van der Waals surface area contributed by atoms with E-state index in [2.05, 4.69) is 9.71 Å². The summed E-state index contributed by atoms with van der Waals surface area (Å²) in [6, 6.07) is 2.13. The zero-order valence-electron chi connectivity index (χ0n) is 16.8. The molecule has 1 amide bonds. The molecule has 2 fully saturated rings. The molecule has 1 aromatic heterocycles. The van der Waals surface area contributed by atoms with Crippen LogP contribution >= 0.6 is 11.3 Å². The Balaban J connectivity index is 1.59. The number of halogens is 2. The molecular formula is C20H23F2N3O4S2. The van der Waals surface area contributed by atoms with Crippen LogP contribution in [0.3, 0.4) is 0 Å². The highest BCUT2D eigenvalue weighted by Gasteiger charge is 2.49. The minimum atomic E-state index is -3.51. The Morgan fingerprint density at radius 2 is 2.00 bits per heavy atom. The smallest absolute Gasteiger partial charge is 0.254 e. The number of carbonyl (C=O) groups excluding carboxylic acids is 1. The Labute approximate surface area is 183 Å². The molecule has 1 saturated carbocycles. The molecular weight excluding hydrogens is 448 g/mol. The second-order valence-corrected chi connectivity index (χ2v) is 10.9. The third-order valence-corrected chi connectivity index (χ3v) is 7.50. The standard InChI is InChI=1S/C20H23F2N3O4S2/c1-31(28,29)24-16-3-6-25(19(26)20(27)4-2-5-20)17(16)10-15-11-30-18(23-15)12-7-13(21)9-14(22)8-12/h7-9,11,16-17,24,27H,2-6,10H2,1H3/t16-,17-/m1/s1. The summed E-state index contributed by atoms with van der Waals surface area (Å²) < 4.78 is 53.4. The number of amides is 1. The SMILES string of the molecule is CS(=O)(=O)N[C@@H]1CCN(C(=O)C2(O)CCC2)[C@@H]1Cc1csc(-c2cc(F)cc(F)c2)n1. The van der Waals surface area contributed by atoms with E-state index < -0.39 is 39.3 Å². The second-order valence-electron chi connectivity index (χ2n) is 8.24. The van der Waals surface area contributed by atoms with E-state index in [1.54, 1.807) is 10.3 Å². The Hall–Kier alpha value is -1.95. The normalized spacial score (nSPS) is 23.0. The van der Waals surface area contributed by atoms with Gasteiger partial charge in [-0.3, -0.25) is 4.79 Å². The highest BCUT2D eigenvalue weighted by molar-refractivity contribution is 7.88. The zero-order valence-corrected chi connectivity index (χ0v) is 18.5. The molecule has 0 spiro atoms. The molecule has 2 aliphatic rings. The first-order valence-corrected chi connectivity index (χ1v) is 12.7. The van der Waals surface area contributed by atoms with Crippen LogP contribution in [0.25, 0.3) is 10.6 Å². The summed E-state index contributed by atoms with van der Waals surface area (Å²) in [5, 5.41) is 12.7. The van der Waals surface area contributed by atoms with Gasteiger partial charge in [-0.05, 0) is 37.8 Å². The molecule has 2 aromatic rings. The highest BCUT2D eigenvalue weighted by atomic mass is 32.2. The first kappa shape index (κ1) is 22.3. The van der Waals surface area contributed by atoms with Gasteiger partial charge < -0.3 is 10.0 Å². The van der Waals surface area contributed by atoms with Crippen molar-refractivity contribution in [3.63, 3.8) is 0 Å². The van der Waals surface area contributed by atoms with Gasteiger partial charge in [0, 0.05) is 36.0 Å². The van der Waals surface area contributed by atoms with Gasteiger partial charge in [0.05, 0.1) is 18.0 Å². The number of hydrogen-bond acceptors (Lipinski definition) is 6. The molecule has 168 valence electrons. The van der Waals surface area contributed by atoms with Gasteiger partial charge in [-0.1, -0.05) is 0 Å². The number of likely N-dealkylation sites (tertiary alicyclic amines) is 1. The van der Waals surface area contributed by atoms with Crippen LogP contribution in [0, 0.1) is 11.6 Å². The minimum Gasteiger partial charge on any atom is -0.380 e. The van der Waals surface area contributed by atoms with Gasteiger partial charge in [0.25, 0.3) is 5.91 Å². The monoisotopic (exact) mass is 471 g/mol. The van der Waals surface area contributed by atoms with Crippen LogP contribution in [0.1, 0.15) is 31.4 Å². The van der Waals surface area contributed by atoms with Crippen molar-refractivity contribution in [1.29, 1.82) is 0 Å². The quantitative estimate of drug-likeness (QED) is 0.672. The third kappa shape index (κ3) is 4.79. The van der Waals surface area contributed by atoms with Crippen LogP contribution in [0.15, 0.2) is 23.6 Å². The average Bonchev–Trinajstić information content (AvgIpc) is 3.25. The minimum absolute atomic E-state index is 0.253. The van der Waals surface area contributed by atoms with Crippen LogP contribution in [0.4, 0.5) is 8.78 Å². The number of carbonyl (C=O) groups is 1. The largest absolute Gasteiger partial charge is 0.380 e. The summed E-state index contributed by atoms with van der Waals surface area (Å²) in [5.41, 5.74) is -0.497. The maximum Gasteiger partial charge on any atom is 0.254 e. The van der Waals surface area contributed by atoms with Gasteiger partial charge in [-0.2, -0.15) is 0 Å². The Morgan fingerprint density at radius 1 is 1.32 bits per heavy atom. The Morgan fingerprint density at radius 3 is 2.58 bits per heavy atom. The van der Waals surface area contributed by atoms with Gasteiger partial charge in [-0.15, -0.1) is 11.3 Å². The molecule has 0 radical (unpaired) electrons. The molecule has 11 heteroatoms. The van der Waals surface area contributed by atoms with Gasteiger partial charge in [0.1, 0.15) is 22.2 Å². The van der Waals surface area contributed by atoms with E-state index in [0.717, 1.165) is 18.7 Å². The van der Waals surface area contributed by atoms with E-state index >= 15 is 0 Å². The number of sulfonamides is 1. The lowest BCUT2D eigenvalue weighted by Gasteiger charge is -2.40. The van der Waals surface area contributed by atoms with Crippen LogP contribution in [0.5, 0.6) is 0 Å². The zero-order chi connectivity index (χ0) is 22.4. The number of rotatable bonds is 6. The van der Waals surface area contributed by atoms with Gasteiger partial charge in [-0.25, -0.2) is 26.9 Å². The summed E-state index contributed by atoms with van der Waals surface area (Å²) in [5.74, 6) is -1.79. The lowest BCUT2D eigenvalue weighted by Crippen LogP contribution is -2.57. The summed E-state index contributed by atoms with van der Waals surface area (Å²) in [6.07, 6.45) is 3.30. The first-order chi connectivity index (χ1) is 14.5. The van der Waals surface area contributed by atoms with Crippen LogP contribution in [-0.4, -0.2) is 59.8 Å². The summed E-state index contributed by atoms with van der Waals surface area (Å²) >= 11 is 1.21. The summed E-state index contributed by atoms with van der Waals surface area (Å²) in [7, 11) is -3.51. The Kier molecular flexibility index (Phi) is 5.88. The van der Waals surface area contributed by atoms with E-state index in [4.69, 9.17) is 0 Å². The molecule has 2 heterocycles. The predicted octanol–water partition coefficient (Wildman–Crippen LogP) is 2.06. The fourth-order valence-electron chi connectivity index (χ4n) is 4.19. The molecule has 4 rings (SSSR count). The lowest BCUT2D eigenvalue weighted by atomic mass is 9.79. The topological polar surface area (TPSA) is 99.6 Å². The van der Waals surface area contributed by atoms with Crippen LogP contribution < -0.4 is 4.72 Å². The van der Waals surface area contributed by atoms with E-state index in [1.165, 1.54) is 23.5 Å². The first-order valence-electron chi connectivity index (χ1n) is 9.96. The molecule has 2 N–H and O–H groups in total. The molecule has 1 saturated heterocycles. The molecule has 2 atom stereocenters. The van der Waals surface area contributed by atoms with Crippen molar-refractivity contribution in [2.45, 2.75) is 49.8 Å². The number of nitrogens with one attached hydrogen (secondary N) is 1. The van der Waals surface area contributed by atoms with Gasteiger partial charge >= 0.3 is 0 Å². The maximum atomic E-state index is 13.6. The molecule has 0 bridgehead atoms. The van der Waals surface area contributed by atoms with Crippen molar-refractivity contribution in [1.82, 2.24) is 14.6 Å². The second kappa shape index (κ2) is 8.19. The van der Waals surface area contributed by atoms with Crippen molar-refractivity contribution in [3.8, 4) is 10.6 Å². The molecule has 1 aliphatic carbocycles. The summed E-state index contributed by atoms with van der Waals surface area (Å²) in [4.78, 5) is 19.0. The van der Waals surface area contributed by atoms with Gasteiger partial charge in [0.2, 0.25) is 10.0 Å². The van der Waals surface area contributed by atoms with Crippen molar-refractivity contribution < 1.29 is 27.1 Å². The number of thiazole rings is 1. The van der Waals surface area contributed by atoms with E-state index in [0.29, 0.717) is 42.1 Å². The van der Waals surface area contributed by atoms with Crippen LogP contribution in [-0.2, 0) is 21.2 Å². The number of aromatic nitrogens is 1. The van der Waals surface area contributed by atoms with E-state index in [9.17, 15) is 27.1 Å². The maximum absolute atomic E-state index is 13.6. The highest BCUT2D eigenvalue weighted by Crippen LogP contribution is 2.36. The number of aliphatic hydroxyl groups is 1. The van der Waals surface area contributed by atoms with E-state index in [-0.39, 0.29) is 12.3 Å². The molecule has 0 unspecified atom stereocenters. The van der Waals surface area contributed by atoms with Gasteiger partial charge in [0.15, 0.2) is 0 Å². The fraction of sp³-hybridized carbons (Fsp3) is 0.500. The molecule has 1 aromatic carbocycles. The van der Waals surface area contributed by atoms with Crippen molar-refractivity contribution in [3.05, 3.63) is 40.9 Å². The average molecular weight is 472 g/mol.